The van der Waals surface area contributed by atoms with Crippen LogP contribution in [0.2, 0.25) is 0 Å². The molecule has 0 aromatic heterocycles. The van der Waals surface area contributed by atoms with E-state index in [1.165, 1.54) is 5.56 Å². The van der Waals surface area contributed by atoms with Crippen LogP contribution in [0.1, 0.15) is 33.3 Å². The zero-order valence-electron chi connectivity index (χ0n) is 12.7. The second kappa shape index (κ2) is 10.1. The maximum Gasteiger partial charge on any atom is 0.122 e. The number of halogens is 1. The molecule has 19 heavy (non-hydrogen) atoms. The van der Waals surface area contributed by atoms with Crippen molar-refractivity contribution in [2.24, 2.45) is 5.92 Å². The first-order valence-electron chi connectivity index (χ1n) is 7.10. The largest absolute Gasteiger partial charge is 1.00 e. The van der Waals surface area contributed by atoms with Crippen LogP contribution in [-0.4, -0.2) is 31.1 Å². The average Bonchev–Trinajstić information content (AvgIpc) is 2.36. The van der Waals surface area contributed by atoms with Gasteiger partial charge >= 0.3 is 0 Å². The van der Waals surface area contributed by atoms with Crippen molar-refractivity contribution in [3.63, 3.8) is 0 Å². The highest BCUT2D eigenvalue weighted by Gasteiger charge is 2.06. The first-order valence-corrected chi connectivity index (χ1v) is 7.10. The molecule has 0 radical (unpaired) electrons. The van der Waals surface area contributed by atoms with Gasteiger partial charge in [0, 0.05) is 6.54 Å². The molecule has 1 aromatic rings. The van der Waals surface area contributed by atoms with E-state index in [1.807, 2.05) is 0 Å². The predicted octanol–water partition coefficient (Wildman–Crippen LogP) is 0.610. The molecule has 3 heteroatoms. The minimum atomic E-state index is 0. The van der Waals surface area contributed by atoms with Crippen LogP contribution in [0.4, 0.5) is 0 Å². The van der Waals surface area contributed by atoms with Gasteiger partial charge < -0.3 is 22.0 Å². The lowest BCUT2D eigenvalue weighted by Gasteiger charge is -2.19. The van der Waals surface area contributed by atoms with E-state index >= 15 is 0 Å². The molecule has 0 aliphatic carbocycles. The van der Waals surface area contributed by atoms with Crippen molar-refractivity contribution in [2.75, 3.05) is 26.2 Å². The Morgan fingerprint density at radius 1 is 1.11 bits per heavy atom. The second-order valence-corrected chi connectivity index (χ2v) is 5.08. The number of hydrogen-bond acceptors (Lipinski definition) is 2. The van der Waals surface area contributed by atoms with Crippen molar-refractivity contribution >= 4 is 0 Å². The summed E-state index contributed by atoms with van der Waals surface area (Å²) >= 11 is 0. The van der Waals surface area contributed by atoms with Crippen LogP contribution < -0.4 is 17.1 Å². The van der Waals surface area contributed by atoms with Crippen molar-refractivity contribution in [3.05, 3.63) is 29.8 Å². The molecule has 0 bridgehead atoms. The zero-order valence-corrected chi connectivity index (χ0v) is 13.4. The van der Waals surface area contributed by atoms with E-state index < -0.39 is 0 Å². The summed E-state index contributed by atoms with van der Waals surface area (Å²) in [6, 6.07) is 8.40. The van der Waals surface area contributed by atoms with Gasteiger partial charge in [-0.15, -0.1) is 0 Å². The van der Waals surface area contributed by atoms with E-state index in [0.29, 0.717) is 5.92 Å². The summed E-state index contributed by atoms with van der Waals surface area (Å²) < 4.78 is 5.93. The van der Waals surface area contributed by atoms with E-state index in [9.17, 15) is 0 Å². The van der Waals surface area contributed by atoms with Gasteiger partial charge in [0.25, 0.3) is 0 Å². The summed E-state index contributed by atoms with van der Waals surface area (Å²) in [7, 11) is 0. The van der Waals surface area contributed by atoms with E-state index in [-0.39, 0.29) is 12.4 Å². The Morgan fingerprint density at radius 2 is 1.74 bits per heavy atom. The molecule has 0 amide bonds. The van der Waals surface area contributed by atoms with Crippen molar-refractivity contribution in [2.45, 2.75) is 34.1 Å². The average molecular weight is 285 g/mol. The molecule has 110 valence electrons. The molecule has 2 nitrogen and oxygen atoms in total. The summed E-state index contributed by atoms with van der Waals surface area (Å²) in [6.45, 7) is 12.8. The van der Waals surface area contributed by atoms with E-state index in [1.54, 1.807) is 0 Å². The molecule has 0 spiro atoms. The van der Waals surface area contributed by atoms with E-state index in [0.717, 1.165) is 38.4 Å². The monoisotopic (exact) mass is 284 g/mol. The molecule has 0 aliphatic heterocycles. The van der Waals surface area contributed by atoms with Crippen LogP contribution >= 0.6 is 0 Å². The Kier molecular flexibility index (Phi) is 9.72. The first-order chi connectivity index (χ1) is 8.67. The van der Waals surface area contributed by atoms with Crippen LogP contribution in [0.3, 0.4) is 0 Å². The third-order valence-corrected chi connectivity index (χ3v) is 3.16. The minimum Gasteiger partial charge on any atom is -1.00 e. The zero-order chi connectivity index (χ0) is 13.4. The van der Waals surface area contributed by atoms with Gasteiger partial charge in [0.05, 0.1) is 0 Å². The topological polar surface area (TPSA) is 12.5 Å². The highest BCUT2D eigenvalue weighted by molar-refractivity contribution is 5.33. The van der Waals surface area contributed by atoms with Gasteiger partial charge in [-0.05, 0) is 37.1 Å². The highest BCUT2D eigenvalue weighted by Crippen LogP contribution is 2.21. The molecular weight excluding hydrogens is 258 g/mol. The Labute approximate surface area is 124 Å². The molecule has 0 atom stereocenters. The minimum absolute atomic E-state index is 0. The first kappa shape index (κ1) is 18.3. The third-order valence-electron chi connectivity index (χ3n) is 3.16. The number of benzene rings is 1. The Hall–Kier alpha value is -0.730. The number of likely N-dealkylation sites (N-methyl/N-ethyl adjacent to an activating group) is 1. The number of para-hydroxylation sites is 1. The summed E-state index contributed by atoms with van der Waals surface area (Å²) in [6.07, 6.45) is 1.08. The maximum absolute atomic E-state index is 5.93. The fraction of sp³-hybridized carbons (Fsp3) is 0.625. The number of rotatable bonds is 8. The number of nitrogens with zero attached hydrogens (tertiary/aromatic N) is 1. The lowest BCUT2D eigenvalue weighted by atomic mass is 10.0. The lowest BCUT2D eigenvalue weighted by molar-refractivity contribution is -0.00000452. The number of ether oxygens (including phenoxy) is 1. The summed E-state index contributed by atoms with van der Waals surface area (Å²) in [4.78, 5) is 2.38. The van der Waals surface area contributed by atoms with Gasteiger partial charge in [0.15, 0.2) is 0 Å². The molecule has 0 saturated heterocycles. The molecule has 0 N–H and O–H groups in total. The van der Waals surface area contributed by atoms with Gasteiger partial charge in [-0.3, -0.25) is 0 Å². The fourth-order valence-corrected chi connectivity index (χ4v) is 2.08. The Balaban J connectivity index is 0.00000324. The van der Waals surface area contributed by atoms with Crippen molar-refractivity contribution < 1.29 is 17.1 Å². The number of hydrogen-bond donors (Lipinski definition) is 0. The Bertz CT molecular complexity index is 337. The van der Waals surface area contributed by atoms with Gasteiger partial charge in [-0.1, -0.05) is 45.9 Å². The van der Waals surface area contributed by atoms with Crippen molar-refractivity contribution in [1.29, 1.82) is 0 Å². The molecule has 1 rings (SSSR count). The lowest BCUT2D eigenvalue weighted by Crippen LogP contribution is -3.00. The predicted molar refractivity (Wildman–Crippen MR) is 78.3 cm³/mol. The standard InChI is InChI=1S/C16H27NO.ClH/c1-5-17(6-2)11-12-18-16-10-8-7-9-15(16)13-14(3)4;/h7-10,14H,5-6,11-13H2,1-4H3;1H/p-1. The summed E-state index contributed by atoms with van der Waals surface area (Å²) in [5.41, 5.74) is 1.33. The molecule has 1 aromatic carbocycles. The van der Waals surface area contributed by atoms with Crippen LogP contribution in [0.5, 0.6) is 5.75 Å². The van der Waals surface area contributed by atoms with Crippen LogP contribution in [0.25, 0.3) is 0 Å². The quantitative estimate of drug-likeness (QED) is 0.694. The fourth-order valence-electron chi connectivity index (χ4n) is 2.08. The van der Waals surface area contributed by atoms with Gasteiger partial charge in [0.1, 0.15) is 12.4 Å². The van der Waals surface area contributed by atoms with Crippen molar-refractivity contribution in [1.82, 2.24) is 4.90 Å². The van der Waals surface area contributed by atoms with Crippen LogP contribution in [-0.2, 0) is 6.42 Å². The van der Waals surface area contributed by atoms with Crippen LogP contribution in [0, 0.1) is 5.92 Å². The summed E-state index contributed by atoms with van der Waals surface area (Å²) in [5.74, 6) is 1.72. The molecular formula is C16H27ClNO-. The van der Waals surface area contributed by atoms with Gasteiger partial charge in [0.2, 0.25) is 0 Å². The van der Waals surface area contributed by atoms with Crippen molar-refractivity contribution in [3.8, 4) is 5.75 Å². The van der Waals surface area contributed by atoms with Crippen LogP contribution in [0.15, 0.2) is 24.3 Å². The highest BCUT2D eigenvalue weighted by atomic mass is 35.5. The Morgan fingerprint density at radius 3 is 2.32 bits per heavy atom. The third kappa shape index (κ3) is 6.84. The molecule has 0 fully saturated rings. The van der Waals surface area contributed by atoms with E-state index in [2.05, 4.69) is 56.9 Å². The SMILES string of the molecule is CCN(CC)CCOc1ccccc1CC(C)C.[Cl-]. The normalized spacial score (nSPS) is 10.6. The molecule has 0 saturated carbocycles. The smallest absolute Gasteiger partial charge is 0.122 e. The maximum atomic E-state index is 5.93. The second-order valence-electron chi connectivity index (χ2n) is 5.08. The van der Waals surface area contributed by atoms with Gasteiger partial charge in [-0.25, -0.2) is 0 Å². The van der Waals surface area contributed by atoms with E-state index in [4.69, 9.17) is 4.74 Å². The summed E-state index contributed by atoms with van der Waals surface area (Å²) in [5, 5.41) is 0. The molecule has 0 aliphatic rings. The van der Waals surface area contributed by atoms with Gasteiger partial charge in [-0.2, -0.15) is 0 Å². The molecule has 0 heterocycles. The molecule has 0 unspecified atom stereocenters.